The topological polar surface area (TPSA) is 78.9 Å². The summed E-state index contributed by atoms with van der Waals surface area (Å²) < 4.78 is 5.32. The van der Waals surface area contributed by atoms with E-state index in [-0.39, 0.29) is 24.4 Å². The number of nitrogens with zero attached hydrogens (tertiary/aromatic N) is 5. The summed E-state index contributed by atoms with van der Waals surface area (Å²) in [4.78, 5) is 32.8. The Morgan fingerprint density at radius 3 is 2.33 bits per heavy atom. The van der Waals surface area contributed by atoms with Crippen molar-refractivity contribution in [2.24, 2.45) is 0 Å². The second kappa shape index (κ2) is 13.2. The number of hydrogen-bond acceptors (Lipinski definition) is 6. The van der Waals surface area contributed by atoms with Gasteiger partial charge in [-0.1, -0.05) is 59.6 Å². The van der Waals surface area contributed by atoms with Gasteiger partial charge in [-0.3, -0.25) is 9.59 Å². The first-order chi connectivity index (χ1) is 20.3. The zero-order chi connectivity index (χ0) is 29.6. The summed E-state index contributed by atoms with van der Waals surface area (Å²) in [6.45, 7) is 4.11. The lowest BCUT2D eigenvalue weighted by Crippen LogP contribution is -2.52. The normalized spacial score (nSPS) is 13.9. The summed E-state index contributed by atoms with van der Waals surface area (Å²) in [6.07, 6.45) is 0. The van der Waals surface area contributed by atoms with Crippen LogP contribution in [0.5, 0.6) is 5.75 Å². The molecule has 3 aromatic carbocycles. The molecule has 0 radical (unpaired) electrons. The number of halogens is 2. The Bertz CT molecular complexity index is 1540. The summed E-state index contributed by atoms with van der Waals surface area (Å²) in [6, 6.07) is 25.5. The van der Waals surface area contributed by atoms with Crippen LogP contribution in [-0.2, 0) is 4.79 Å². The maximum atomic E-state index is 13.7. The molecule has 2 amide bonds. The van der Waals surface area contributed by atoms with Crippen LogP contribution in [0.2, 0.25) is 10.0 Å². The molecule has 1 saturated heterocycles. The molecule has 0 aliphatic carbocycles. The second-order valence-electron chi connectivity index (χ2n) is 10.0. The molecule has 4 aromatic rings. The van der Waals surface area contributed by atoms with Gasteiger partial charge < -0.3 is 19.4 Å². The fourth-order valence-electron chi connectivity index (χ4n) is 4.98. The molecule has 216 valence electrons. The molecule has 2 heterocycles. The molecule has 1 fully saturated rings. The summed E-state index contributed by atoms with van der Waals surface area (Å²) in [5.41, 5.74) is 2.83. The van der Waals surface area contributed by atoms with Crippen molar-refractivity contribution in [1.29, 1.82) is 0 Å². The van der Waals surface area contributed by atoms with Crippen molar-refractivity contribution in [2.45, 2.75) is 13.0 Å². The number of methoxy groups -OCH3 is 1. The third kappa shape index (κ3) is 6.66. The van der Waals surface area contributed by atoms with Crippen molar-refractivity contribution in [2.75, 3.05) is 44.7 Å². The Morgan fingerprint density at radius 2 is 1.67 bits per heavy atom. The van der Waals surface area contributed by atoms with E-state index >= 15 is 0 Å². The highest BCUT2D eigenvalue weighted by molar-refractivity contribution is 6.36. The molecule has 0 bridgehead atoms. The predicted octanol–water partition coefficient (Wildman–Crippen LogP) is 6.01. The maximum Gasteiger partial charge on any atom is 0.254 e. The lowest BCUT2D eigenvalue weighted by Gasteiger charge is -2.37. The van der Waals surface area contributed by atoms with Crippen molar-refractivity contribution >= 4 is 40.8 Å². The van der Waals surface area contributed by atoms with Gasteiger partial charge in [0.15, 0.2) is 5.82 Å². The van der Waals surface area contributed by atoms with E-state index in [1.54, 1.807) is 53.3 Å². The molecule has 0 unspecified atom stereocenters. The maximum absolute atomic E-state index is 13.7. The highest BCUT2D eigenvalue weighted by atomic mass is 35.5. The van der Waals surface area contributed by atoms with E-state index in [1.807, 2.05) is 55.5 Å². The number of piperazine rings is 1. The van der Waals surface area contributed by atoms with E-state index in [0.717, 1.165) is 16.9 Å². The second-order valence-corrected chi connectivity index (χ2v) is 10.9. The van der Waals surface area contributed by atoms with E-state index in [1.165, 1.54) is 0 Å². The van der Waals surface area contributed by atoms with Crippen molar-refractivity contribution in [3.8, 4) is 17.0 Å². The molecule has 0 spiro atoms. The minimum Gasteiger partial charge on any atom is -0.497 e. The molecule has 1 aliphatic rings. The molecule has 42 heavy (non-hydrogen) atoms. The van der Waals surface area contributed by atoms with Gasteiger partial charge in [0.05, 0.1) is 23.9 Å². The van der Waals surface area contributed by atoms with Crippen LogP contribution in [0.3, 0.4) is 0 Å². The zero-order valence-electron chi connectivity index (χ0n) is 23.4. The van der Waals surface area contributed by atoms with Crippen molar-refractivity contribution in [3.05, 3.63) is 106 Å². The Hall–Kier alpha value is -4.14. The summed E-state index contributed by atoms with van der Waals surface area (Å²) in [5, 5.41) is 9.84. The van der Waals surface area contributed by atoms with E-state index < -0.39 is 0 Å². The van der Waals surface area contributed by atoms with Gasteiger partial charge in [0.1, 0.15) is 12.3 Å². The largest absolute Gasteiger partial charge is 0.497 e. The van der Waals surface area contributed by atoms with Gasteiger partial charge in [-0.05, 0) is 61.0 Å². The van der Waals surface area contributed by atoms with Crippen LogP contribution in [0.4, 0.5) is 5.82 Å². The molecule has 8 nitrogen and oxygen atoms in total. The van der Waals surface area contributed by atoms with Crippen LogP contribution in [0.25, 0.3) is 11.3 Å². The first-order valence-electron chi connectivity index (χ1n) is 13.7. The Morgan fingerprint density at radius 1 is 0.905 bits per heavy atom. The summed E-state index contributed by atoms with van der Waals surface area (Å²) in [7, 11) is 1.56. The standard InChI is InChI=1S/C32H31Cl2N5O3/c1-22(23-7-4-3-5-8-23)39(32(41)24-9-6-10-26(19-24)42-2)21-31(40)38-17-15-37(16-18-38)30-14-13-29(35-36-30)27-12-11-25(33)20-28(27)34/h3-14,19-20,22H,15-18,21H2,1-2H3/t22-/m0/s1. The van der Waals surface area contributed by atoms with E-state index in [4.69, 9.17) is 27.9 Å². The molecule has 1 aliphatic heterocycles. The number of anilines is 1. The van der Waals surface area contributed by atoms with Gasteiger partial charge in [-0.15, -0.1) is 10.2 Å². The van der Waals surface area contributed by atoms with Crippen LogP contribution in [-0.4, -0.2) is 71.6 Å². The minimum atomic E-state index is -0.307. The highest BCUT2D eigenvalue weighted by Crippen LogP contribution is 2.29. The number of aromatic nitrogens is 2. The number of carbonyl (C=O) groups is 2. The first kappa shape index (κ1) is 29.4. The fraction of sp³-hybridized carbons (Fsp3) is 0.250. The predicted molar refractivity (Wildman–Crippen MR) is 165 cm³/mol. The fourth-order valence-corrected chi connectivity index (χ4v) is 5.49. The number of rotatable bonds is 8. The van der Waals surface area contributed by atoms with Gasteiger partial charge in [-0.25, -0.2) is 0 Å². The van der Waals surface area contributed by atoms with Gasteiger partial charge in [0, 0.05) is 42.3 Å². The van der Waals surface area contributed by atoms with Crippen LogP contribution in [0.1, 0.15) is 28.9 Å². The lowest BCUT2D eigenvalue weighted by molar-refractivity contribution is -0.132. The van der Waals surface area contributed by atoms with Crippen LogP contribution in [0, 0.1) is 0 Å². The van der Waals surface area contributed by atoms with Crippen LogP contribution in [0.15, 0.2) is 84.9 Å². The molecule has 10 heteroatoms. The van der Waals surface area contributed by atoms with Gasteiger partial charge in [0.2, 0.25) is 5.91 Å². The number of amides is 2. The minimum absolute atomic E-state index is 0.0392. The van der Waals surface area contributed by atoms with E-state index in [2.05, 4.69) is 15.1 Å². The Labute approximate surface area is 255 Å². The highest BCUT2D eigenvalue weighted by Gasteiger charge is 2.29. The van der Waals surface area contributed by atoms with Gasteiger partial charge in [0.25, 0.3) is 5.91 Å². The molecule has 1 aromatic heterocycles. The third-order valence-electron chi connectivity index (χ3n) is 7.45. The molecule has 1 atom stereocenters. The lowest BCUT2D eigenvalue weighted by atomic mass is 10.1. The van der Waals surface area contributed by atoms with Crippen LogP contribution >= 0.6 is 23.2 Å². The third-order valence-corrected chi connectivity index (χ3v) is 7.99. The molecular formula is C32H31Cl2N5O3. The molecular weight excluding hydrogens is 573 g/mol. The quantitative estimate of drug-likeness (QED) is 0.245. The molecule has 0 N–H and O–H groups in total. The van der Waals surface area contributed by atoms with E-state index in [0.29, 0.717) is 53.2 Å². The van der Waals surface area contributed by atoms with Crippen molar-refractivity contribution in [3.63, 3.8) is 0 Å². The van der Waals surface area contributed by atoms with Gasteiger partial charge >= 0.3 is 0 Å². The number of hydrogen-bond donors (Lipinski definition) is 0. The van der Waals surface area contributed by atoms with Crippen molar-refractivity contribution in [1.82, 2.24) is 20.0 Å². The summed E-state index contributed by atoms with van der Waals surface area (Å²) in [5.74, 6) is 0.979. The summed E-state index contributed by atoms with van der Waals surface area (Å²) >= 11 is 12.3. The Balaban J connectivity index is 1.26. The first-order valence-corrected chi connectivity index (χ1v) is 14.4. The average molecular weight is 605 g/mol. The molecule has 5 rings (SSSR count). The molecule has 0 saturated carbocycles. The van der Waals surface area contributed by atoms with Gasteiger partial charge in [-0.2, -0.15) is 0 Å². The Kier molecular flexibility index (Phi) is 9.25. The average Bonchev–Trinajstić information content (AvgIpc) is 3.03. The number of carbonyl (C=O) groups excluding carboxylic acids is 2. The van der Waals surface area contributed by atoms with E-state index in [9.17, 15) is 9.59 Å². The SMILES string of the molecule is COc1cccc(C(=O)N(CC(=O)N2CCN(c3ccc(-c4ccc(Cl)cc4Cl)nn3)CC2)[C@@H](C)c2ccccc2)c1. The smallest absolute Gasteiger partial charge is 0.254 e. The van der Waals surface area contributed by atoms with Crippen LogP contribution < -0.4 is 9.64 Å². The number of benzene rings is 3. The number of ether oxygens (including phenoxy) is 1. The van der Waals surface area contributed by atoms with Crippen molar-refractivity contribution < 1.29 is 14.3 Å². The monoisotopic (exact) mass is 603 g/mol. The zero-order valence-corrected chi connectivity index (χ0v) is 24.9.